The molecule has 4 N–H and O–H groups in total. The van der Waals surface area contributed by atoms with E-state index in [-0.39, 0.29) is 37.3 Å². The lowest BCUT2D eigenvalue weighted by Gasteiger charge is -2.24. The number of primary amides is 1. The number of benzene rings is 1. The van der Waals surface area contributed by atoms with E-state index in [0.29, 0.717) is 17.7 Å². The van der Waals surface area contributed by atoms with Crippen molar-refractivity contribution >= 4 is 35.4 Å². The van der Waals surface area contributed by atoms with Crippen molar-refractivity contribution in [3.05, 3.63) is 39.9 Å². The zero-order valence-electron chi connectivity index (χ0n) is 16.4. The van der Waals surface area contributed by atoms with E-state index in [4.69, 9.17) is 10.5 Å². The number of rotatable bonds is 9. The molecule has 0 radical (unpaired) electrons. The van der Waals surface area contributed by atoms with Gasteiger partial charge in [-0.1, -0.05) is 0 Å². The number of aliphatic hydroxyl groups is 1. The van der Waals surface area contributed by atoms with Crippen molar-refractivity contribution in [1.82, 2.24) is 10.2 Å². The topological polar surface area (TPSA) is 165 Å². The largest absolute Gasteiger partial charge is 0.445 e. The molecule has 1 heterocycles. The first kappa shape index (κ1) is 23.4. The Morgan fingerprint density at radius 3 is 2.67 bits per heavy atom. The molecule has 1 aliphatic heterocycles. The molecule has 1 fully saturated rings. The number of nitro benzene ring substituents is 1. The minimum absolute atomic E-state index is 0.0567. The molecule has 0 bridgehead atoms. The van der Waals surface area contributed by atoms with Crippen LogP contribution < -0.4 is 11.1 Å². The van der Waals surface area contributed by atoms with Crippen molar-refractivity contribution < 1.29 is 29.2 Å². The summed E-state index contributed by atoms with van der Waals surface area (Å²) in [6.07, 6.45) is -0.947. The van der Waals surface area contributed by atoms with Gasteiger partial charge in [0.05, 0.1) is 29.4 Å². The number of hydrogen-bond donors (Lipinski definition) is 3. The molecule has 3 atom stereocenters. The Hall–Kier alpha value is -2.86. The van der Waals surface area contributed by atoms with Gasteiger partial charge in [-0.3, -0.25) is 19.7 Å². The zero-order valence-corrected chi connectivity index (χ0v) is 17.2. The summed E-state index contributed by atoms with van der Waals surface area (Å²) >= 11 is 1.29. The Labute approximate surface area is 177 Å². The molecular weight excluding hydrogens is 416 g/mol. The average molecular weight is 440 g/mol. The van der Waals surface area contributed by atoms with Crippen molar-refractivity contribution in [2.75, 3.05) is 18.8 Å². The van der Waals surface area contributed by atoms with E-state index < -0.39 is 28.3 Å². The van der Waals surface area contributed by atoms with Gasteiger partial charge < -0.3 is 25.8 Å². The first-order valence-electron chi connectivity index (χ1n) is 9.19. The smallest absolute Gasteiger partial charge is 0.410 e. The molecular formula is C18H24N4O7S. The monoisotopic (exact) mass is 440 g/mol. The van der Waals surface area contributed by atoms with Crippen molar-refractivity contribution in [2.45, 2.75) is 37.3 Å². The van der Waals surface area contributed by atoms with Crippen LogP contribution in [0.3, 0.4) is 0 Å². The standard InChI is InChI=1S/C18H24N4O7S/c1-11(17(25)20-7-16(19)24)30-10-14-6-15(23)8-21(14)18(26)29-9-12-2-4-13(5-3-12)22(27)28/h2-5,11,14-15,23H,6-10H2,1H3,(H2,19,24)(H,20,25). The zero-order chi connectivity index (χ0) is 22.3. The van der Waals surface area contributed by atoms with Gasteiger partial charge in [-0.2, -0.15) is 0 Å². The molecule has 1 aromatic carbocycles. The highest BCUT2D eigenvalue weighted by molar-refractivity contribution is 8.00. The van der Waals surface area contributed by atoms with Gasteiger partial charge in [0.25, 0.3) is 5.69 Å². The van der Waals surface area contributed by atoms with Crippen LogP contribution in [0.25, 0.3) is 0 Å². The van der Waals surface area contributed by atoms with Gasteiger partial charge in [-0.05, 0) is 31.0 Å². The second-order valence-corrected chi connectivity index (χ2v) is 8.21. The van der Waals surface area contributed by atoms with E-state index in [1.54, 1.807) is 6.92 Å². The molecule has 0 aliphatic carbocycles. The highest BCUT2D eigenvalue weighted by Gasteiger charge is 2.35. The van der Waals surface area contributed by atoms with Crippen LogP contribution in [0.15, 0.2) is 24.3 Å². The molecule has 1 aromatic rings. The summed E-state index contributed by atoms with van der Waals surface area (Å²) in [4.78, 5) is 46.7. The van der Waals surface area contributed by atoms with Crippen LogP contribution in [0, 0.1) is 10.1 Å². The summed E-state index contributed by atoms with van der Waals surface area (Å²) < 4.78 is 5.28. The normalized spacial score (nSPS) is 19.2. The number of β-amino-alcohol motifs (C(OH)–C–C–N with tert-alkyl or cyclic N) is 1. The second-order valence-electron chi connectivity index (χ2n) is 6.83. The number of carbonyl (C=O) groups is 3. The van der Waals surface area contributed by atoms with Gasteiger partial charge in [0.2, 0.25) is 11.8 Å². The number of amides is 3. The highest BCUT2D eigenvalue weighted by Crippen LogP contribution is 2.25. The molecule has 3 amide bonds. The summed E-state index contributed by atoms with van der Waals surface area (Å²) in [5.74, 6) is -0.583. The Morgan fingerprint density at radius 1 is 1.40 bits per heavy atom. The Morgan fingerprint density at radius 2 is 2.07 bits per heavy atom. The second kappa shape index (κ2) is 10.8. The predicted molar refractivity (Wildman–Crippen MR) is 109 cm³/mol. The molecule has 0 spiro atoms. The first-order chi connectivity index (χ1) is 14.2. The molecule has 0 saturated carbocycles. The lowest BCUT2D eigenvalue weighted by atomic mass is 10.2. The molecule has 11 nitrogen and oxygen atoms in total. The Balaban J connectivity index is 1.85. The molecule has 0 aromatic heterocycles. The van der Waals surface area contributed by atoms with Crippen molar-refractivity contribution in [1.29, 1.82) is 0 Å². The van der Waals surface area contributed by atoms with Gasteiger partial charge >= 0.3 is 6.09 Å². The molecule has 1 saturated heterocycles. The molecule has 3 unspecified atom stereocenters. The number of nitrogens with two attached hydrogens (primary N) is 1. The van der Waals surface area contributed by atoms with E-state index in [1.807, 2.05) is 0 Å². The number of hydrogen-bond acceptors (Lipinski definition) is 8. The van der Waals surface area contributed by atoms with Gasteiger partial charge in [0.1, 0.15) is 6.61 Å². The van der Waals surface area contributed by atoms with Gasteiger partial charge in [-0.25, -0.2) is 4.79 Å². The van der Waals surface area contributed by atoms with E-state index in [1.165, 1.54) is 40.9 Å². The number of carbonyl (C=O) groups excluding carboxylic acids is 3. The number of likely N-dealkylation sites (tertiary alicyclic amines) is 1. The summed E-state index contributed by atoms with van der Waals surface area (Å²) in [7, 11) is 0. The van der Waals surface area contributed by atoms with E-state index in [0.717, 1.165) is 0 Å². The SMILES string of the molecule is CC(SCC1CC(O)CN1C(=O)OCc1ccc([N+](=O)[O-])cc1)C(=O)NCC(N)=O. The molecule has 1 aliphatic rings. The third kappa shape index (κ3) is 6.88. The number of ether oxygens (including phenoxy) is 1. The third-order valence-corrected chi connectivity index (χ3v) is 5.77. The minimum Gasteiger partial charge on any atom is -0.445 e. The van der Waals surface area contributed by atoms with Crippen LogP contribution in [0.5, 0.6) is 0 Å². The molecule has 164 valence electrons. The number of non-ortho nitro benzene ring substituents is 1. The number of nitrogens with zero attached hydrogens (tertiary/aromatic N) is 2. The van der Waals surface area contributed by atoms with Crippen LogP contribution >= 0.6 is 11.8 Å². The lowest BCUT2D eigenvalue weighted by Crippen LogP contribution is -2.40. The summed E-state index contributed by atoms with van der Waals surface area (Å²) in [5.41, 5.74) is 5.54. The van der Waals surface area contributed by atoms with Crippen LogP contribution in [-0.4, -0.2) is 69.1 Å². The van der Waals surface area contributed by atoms with E-state index in [2.05, 4.69) is 5.32 Å². The fraction of sp³-hybridized carbons (Fsp3) is 0.500. The first-order valence-corrected chi connectivity index (χ1v) is 10.2. The Kier molecular flexibility index (Phi) is 8.42. The quantitative estimate of drug-likeness (QED) is 0.366. The van der Waals surface area contributed by atoms with Gasteiger partial charge in [0.15, 0.2) is 0 Å². The predicted octanol–water partition coefficient (Wildman–Crippen LogP) is 0.390. The van der Waals surface area contributed by atoms with Crippen LogP contribution in [0.4, 0.5) is 10.5 Å². The molecule has 2 rings (SSSR count). The maximum Gasteiger partial charge on any atom is 0.410 e. The molecule has 30 heavy (non-hydrogen) atoms. The third-order valence-electron chi connectivity index (χ3n) is 4.48. The van der Waals surface area contributed by atoms with Gasteiger partial charge in [0, 0.05) is 23.9 Å². The van der Waals surface area contributed by atoms with Gasteiger partial charge in [-0.15, -0.1) is 11.8 Å². The fourth-order valence-corrected chi connectivity index (χ4v) is 3.93. The van der Waals surface area contributed by atoms with Crippen molar-refractivity contribution in [2.24, 2.45) is 5.73 Å². The number of thioether (sulfide) groups is 1. The van der Waals surface area contributed by atoms with Crippen molar-refractivity contribution in [3.8, 4) is 0 Å². The summed E-state index contributed by atoms with van der Waals surface area (Å²) in [6.45, 7) is 1.48. The number of nitrogens with one attached hydrogen (secondary N) is 1. The van der Waals surface area contributed by atoms with E-state index >= 15 is 0 Å². The van der Waals surface area contributed by atoms with E-state index in [9.17, 15) is 29.6 Å². The van der Waals surface area contributed by atoms with Crippen LogP contribution in [0.1, 0.15) is 18.9 Å². The van der Waals surface area contributed by atoms with Crippen LogP contribution in [-0.2, 0) is 20.9 Å². The number of nitro groups is 1. The van der Waals surface area contributed by atoms with Crippen molar-refractivity contribution in [3.63, 3.8) is 0 Å². The maximum atomic E-state index is 12.5. The summed E-state index contributed by atoms with van der Waals surface area (Å²) in [6, 6.07) is 5.34. The lowest BCUT2D eigenvalue weighted by molar-refractivity contribution is -0.384. The average Bonchev–Trinajstić information content (AvgIpc) is 3.09. The fourth-order valence-electron chi connectivity index (χ4n) is 2.86. The minimum atomic E-state index is -0.693. The molecule has 12 heteroatoms. The summed E-state index contributed by atoms with van der Waals surface area (Å²) in [5, 5.41) is 22.6. The number of aliphatic hydroxyl groups excluding tert-OH is 1. The highest BCUT2D eigenvalue weighted by atomic mass is 32.2. The Bertz CT molecular complexity index is 789. The van der Waals surface area contributed by atoms with Crippen LogP contribution in [0.2, 0.25) is 0 Å². The maximum absolute atomic E-state index is 12.5.